The Balaban J connectivity index is 1.64. The monoisotopic (exact) mass is 293 g/mol. The molecule has 96 valence electrons. The number of aryl methyl sites for hydroxylation is 1. The zero-order valence-corrected chi connectivity index (χ0v) is 12.0. The highest BCUT2D eigenvalue weighted by atomic mass is 32.2. The van der Waals surface area contributed by atoms with Gasteiger partial charge in [0.15, 0.2) is 14.2 Å². The molecule has 0 radical (unpaired) electrons. The molecule has 1 saturated heterocycles. The van der Waals surface area contributed by atoms with Crippen molar-refractivity contribution >= 4 is 33.1 Å². The van der Waals surface area contributed by atoms with E-state index in [4.69, 9.17) is 0 Å². The van der Waals surface area contributed by atoms with Crippen LogP contribution in [0.15, 0.2) is 4.34 Å². The number of nitrogens with zero attached hydrogens (tertiary/aromatic N) is 2. The molecule has 1 aliphatic rings. The molecule has 2 rings (SSSR count). The van der Waals surface area contributed by atoms with Gasteiger partial charge in [-0.15, -0.1) is 0 Å². The second kappa shape index (κ2) is 5.64. The predicted octanol–water partition coefficient (Wildman–Crippen LogP) is 0.715. The van der Waals surface area contributed by atoms with Crippen LogP contribution in [-0.4, -0.2) is 47.6 Å². The normalized spacial score (nSPS) is 23.0. The summed E-state index contributed by atoms with van der Waals surface area (Å²) < 4.78 is 27.5. The molecular weight excluding hydrogens is 278 g/mol. The van der Waals surface area contributed by atoms with Gasteiger partial charge in [-0.1, -0.05) is 11.8 Å². The van der Waals surface area contributed by atoms with Crippen molar-refractivity contribution < 1.29 is 8.42 Å². The van der Waals surface area contributed by atoms with Crippen LogP contribution in [0.1, 0.15) is 12.2 Å². The molecule has 1 N–H and O–H groups in total. The Hall–Kier alpha value is -0.180. The fraction of sp³-hybridized carbons (Fsp3) is 0.778. The molecule has 1 aromatic heterocycles. The molecule has 0 spiro atoms. The lowest BCUT2D eigenvalue weighted by Gasteiger charge is -2.09. The van der Waals surface area contributed by atoms with E-state index in [0.29, 0.717) is 5.75 Å². The van der Waals surface area contributed by atoms with Crippen LogP contribution in [0.25, 0.3) is 0 Å². The Bertz CT molecular complexity index is 472. The molecule has 0 amide bonds. The Morgan fingerprint density at radius 3 is 3.00 bits per heavy atom. The summed E-state index contributed by atoms with van der Waals surface area (Å²) in [5, 5.41) is 3.27. The minimum absolute atomic E-state index is 0.136. The number of hydrogen-bond donors (Lipinski definition) is 1. The van der Waals surface area contributed by atoms with Crippen molar-refractivity contribution in [1.29, 1.82) is 0 Å². The number of hydrogen-bond acceptors (Lipinski definition) is 7. The molecule has 2 heterocycles. The van der Waals surface area contributed by atoms with Crippen molar-refractivity contribution in [2.75, 3.05) is 23.8 Å². The van der Waals surface area contributed by atoms with Gasteiger partial charge in [0, 0.05) is 18.3 Å². The van der Waals surface area contributed by atoms with Crippen LogP contribution in [0, 0.1) is 6.92 Å². The first-order chi connectivity index (χ1) is 8.05. The maximum absolute atomic E-state index is 11.2. The molecule has 8 heteroatoms. The maximum atomic E-state index is 11.2. The molecule has 0 aromatic carbocycles. The molecular formula is C9H15N3O2S3. The van der Waals surface area contributed by atoms with Crippen LogP contribution in [0.4, 0.5) is 0 Å². The van der Waals surface area contributed by atoms with Crippen LogP contribution in [0.3, 0.4) is 0 Å². The van der Waals surface area contributed by atoms with Crippen molar-refractivity contribution in [1.82, 2.24) is 14.7 Å². The van der Waals surface area contributed by atoms with Gasteiger partial charge in [0.05, 0.1) is 11.5 Å². The highest BCUT2D eigenvalue weighted by molar-refractivity contribution is 8.00. The van der Waals surface area contributed by atoms with E-state index in [1.807, 2.05) is 6.92 Å². The van der Waals surface area contributed by atoms with Gasteiger partial charge in [-0.2, -0.15) is 4.37 Å². The first kappa shape index (κ1) is 13.3. The topological polar surface area (TPSA) is 72.0 Å². The first-order valence-corrected chi connectivity index (χ1v) is 9.00. The standard InChI is InChI=1S/C9H15N3O2S3/c1-7-11-9(16-12-7)15-4-3-10-8-2-5-17(13,14)6-8/h8,10H,2-6H2,1H3. The number of aromatic nitrogens is 2. The third kappa shape index (κ3) is 4.20. The van der Waals surface area contributed by atoms with Crippen LogP contribution in [0.5, 0.6) is 0 Å². The van der Waals surface area contributed by atoms with Crippen molar-refractivity contribution in [3.05, 3.63) is 5.82 Å². The Labute approximate surface area is 109 Å². The lowest BCUT2D eigenvalue weighted by molar-refractivity contribution is 0.575. The fourth-order valence-electron chi connectivity index (χ4n) is 1.69. The summed E-state index contributed by atoms with van der Waals surface area (Å²) in [6, 6.07) is 0.136. The second-order valence-electron chi connectivity index (χ2n) is 4.01. The summed E-state index contributed by atoms with van der Waals surface area (Å²) in [6.07, 6.45) is 0.741. The zero-order valence-electron chi connectivity index (χ0n) is 9.55. The van der Waals surface area contributed by atoms with Crippen molar-refractivity contribution in [2.24, 2.45) is 0 Å². The van der Waals surface area contributed by atoms with Gasteiger partial charge in [0.1, 0.15) is 5.82 Å². The molecule has 5 nitrogen and oxygen atoms in total. The summed E-state index contributed by atoms with van der Waals surface area (Å²) in [5.74, 6) is 2.32. The van der Waals surface area contributed by atoms with Gasteiger partial charge in [0.2, 0.25) is 0 Å². The Kier molecular flexibility index (Phi) is 4.40. The molecule has 1 unspecified atom stereocenters. The lowest BCUT2D eigenvalue weighted by Crippen LogP contribution is -2.31. The summed E-state index contributed by atoms with van der Waals surface area (Å²) >= 11 is 3.07. The summed E-state index contributed by atoms with van der Waals surface area (Å²) in [5.41, 5.74) is 0. The number of rotatable bonds is 5. The van der Waals surface area contributed by atoms with Crippen molar-refractivity contribution in [3.63, 3.8) is 0 Å². The van der Waals surface area contributed by atoms with Crippen LogP contribution < -0.4 is 5.32 Å². The SMILES string of the molecule is Cc1nsc(SCCNC2CCS(=O)(=O)C2)n1. The van der Waals surface area contributed by atoms with Gasteiger partial charge in [-0.3, -0.25) is 0 Å². The third-order valence-electron chi connectivity index (χ3n) is 2.50. The van der Waals surface area contributed by atoms with E-state index in [-0.39, 0.29) is 11.8 Å². The molecule has 0 saturated carbocycles. The average molecular weight is 293 g/mol. The molecule has 1 aliphatic heterocycles. The molecule has 17 heavy (non-hydrogen) atoms. The van der Waals surface area contributed by atoms with E-state index in [9.17, 15) is 8.42 Å². The number of sulfone groups is 1. The molecule has 1 fully saturated rings. The lowest BCUT2D eigenvalue weighted by atomic mass is 10.3. The van der Waals surface area contributed by atoms with E-state index < -0.39 is 9.84 Å². The Morgan fingerprint density at radius 1 is 1.59 bits per heavy atom. The van der Waals surface area contributed by atoms with Gasteiger partial charge in [-0.25, -0.2) is 13.4 Å². The van der Waals surface area contributed by atoms with E-state index >= 15 is 0 Å². The summed E-state index contributed by atoms with van der Waals surface area (Å²) in [4.78, 5) is 4.25. The van der Waals surface area contributed by atoms with Crippen LogP contribution >= 0.6 is 23.3 Å². The van der Waals surface area contributed by atoms with E-state index in [0.717, 1.165) is 28.9 Å². The van der Waals surface area contributed by atoms with E-state index in [1.165, 1.54) is 11.5 Å². The van der Waals surface area contributed by atoms with E-state index in [1.54, 1.807) is 11.8 Å². The minimum atomic E-state index is -2.77. The van der Waals surface area contributed by atoms with Gasteiger partial charge in [-0.05, 0) is 24.9 Å². The quantitative estimate of drug-likeness (QED) is 0.637. The van der Waals surface area contributed by atoms with Gasteiger partial charge < -0.3 is 5.32 Å². The molecule has 1 aromatic rings. The fourth-order valence-corrected chi connectivity index (χ4v) is 4.99. The highest BCUT2D eigenvalue weighted by Crippen LogP contribution is 2.19. The first-order valence-electron chi connectivity index (χ1n) is 5.42. The smallest absolute Gasteiger partial charge is 0.170 e. The largest absolute Gasteiger partial charge is 0.312 e. The van der Waals surface area contributed by atoms with Crippen molar-refractivity contribution in [2.45, 2.75) is 23.7 Å². The zero-order chi connectivity index (χ0) is 12.3. The van der Waals surface area contributed by atoms with E-state index in [2.05, 4.69) is 14.7 Å². The number of nitrogens with one attached hydrogen (secondary N) is 1. The summed E-state index contributed by atoms with van der Waals surface area (Å²) in [6.45, 7) is 2.69. The second-order valence-corrected chi connectivity index (χ2v) is 8.33. The van der Waals surface area contributed by atoms with Gasteiger partial charge >= 0.3 is 0 Å². The van der Waals surface area contributed by atoms with Gasteiger partial charge in [0.25, 0.3) is 0 Å². The molecule has 1 atom stereocenters. The maximum Gasteiger partial charge on any atom is 0.170 e. The van der Waals surface area contributed by atoms with Crippen LogP contribution in [-0.2, 0) is 9.84 Å². The highest BCUT2D eigenvalue weighted by Gasteiger charge is 2.26. The molecule has 0 aliphatic carbocycles. The molecule has 0 bridgehead atoms. The average Bonchev–Trinajstić information content (AvgIpc) is 2.80. The van der Waals surface area contributed by atoms with Crippen LogP contribution in [0.2, 0.25) is 0 Å². The number of thioether (sulfide) groups is 1. The third-order valence-corrected chi connectivity index (χ3v) is 6.20. The minimum Gasteiger partial charge on any atom is -0.312 e. The van der Waals surface area contributed by atoms with Crippen molar-refractivity contribution in [3.8, 4) is 0 Å². The summed E-state index contributed by atoms with van der Waals surface area (Å²) in [7, 11) is -2.77. The predicted molar refractivity (Wildman–Crippen MR) is 70.4 cm³/mol. The Morgan fingerprint density at radius 2 is 2.41 bits per heavy atom.